The molecule has 0 saturated heterocycles. The predicted molar refractivity (Wildman–Crippen MR) is 58.2 cm³/mol. The van der Waals surface area contributed by atoms with Gasteiger partial charge in [0.25, 0.3) is 5.69 Å². The molecule has 6 heteroatoms. The van der Waals surface area contributed by atoms with Gasteiger partial charge in [0.05, 0.1) is 16.6 Å². The van der Waals surface area contributed by atoms with Gasteiger partial charge in [-0.15, -0.1) is 0 Å². The van der Waals surface area contributed by atoms with Crippen molar-refractivity contribution in [3.8, 4) is 0 Å². The number of ketones is 1. The molecule has 0 atom stereocenters. The third-order valence-corrected chi connectivity index (χ3v) is 1.84. The molecule has 4 nitrogen and oxygen atoms in total. The Labute approximate surface area is 92.3 Å². The third kappa shape index (κ3) is 2.76. The Balaban J connectivity index is 3.30. The smallest absolute Gasteiger partial charge is 0.279 e. The van der Waals surface area contributed by atoms with Crippen LogP contribution in [0.5, 0.6) is 0 Å². The van der Waals surface area contributed by atoms with E-state index in [1.807, 2.05) is 0 Å². The fourth-order valence-corrected chi connectivity index (χ4v) is 1.10. The zero-order valence-corrected chi connectivity index (χ0v) is 8.44. The van der Waals surface area contributed by atoms with Crippen molar-refractivity contribution in [3.63, 3.8) is 0 Å². The van der Waals surface area contributed by atoms with Crippen molar-refractivity contribution in [2.75, 3.05) is 0 Å². The average Bonchev–Trinajstić information content (AvgIpc) is 2.18. The van der Waals surface area contributed by atoms with Crippen molar-refractivity contribution in [1.29, 1.82) is 0 Å². The summed E-state index contributed by atoms with van der Waals surface area (Å²) in [6, 6.07) is 1.85. The molecule has 1 aromatic carbocycles. The van der Waals surface area contributed by atoms with Gasteiger partial charge in [-0.1, -0.05) is 11.5 Å². The molecule has 0 saturated carbocycles. The molecule has 0 amide bonds. The first-order chi connectivity index (χ1) is 7.41. The monoisotopic (exact) mass is 219 g/mol. The number of nitro benzene ring substituents is 1. The molecular weight excluding hydrogens is 212 g/mol. The summed E-state index contributed by atoms with van der Waals surface area (Å²) in [5.74, 6) is -1.12. The molecule has 0 unspecified atom stereocenters. The molecule has 1 rings (SSSR count). The molecule has 0 aliphatic heterocycles. The molecule has 0 aliphatic carbocycles. The fraction of sp³-hybridized carbons (Fsp3) is 0.100. The van der Waals surface area contributed by atoms with E-state index >= 15 is 0 Å². The maximum atomic E-state index is 13.0. The number of benzene rings is 1. The highest BCUT2D eigenvalue weighted by atomic mass is 19.1. The molecule has 0 aliphatic rings. The van der Waals surface area contributed by atoms with Gasteiger partial charge in [0.15, 0.2) is 5.78 Å². The van der Waals surface area contributed by atoms with Gasteiger partial charge < -0.3 is 0 Å². The topological polar surface area (TPSA) is 60.2 Å². The van der Waals surface area contributed by atoms with Crippen LogP contribution in [-0.4, -0.2) is 18.6 Å². The number of hydrogen-bond acceptors (Lipinski definition) is 3. The Hall–Kier alpha value is -1.98. The second-order valence-corrected chi connectivity index (χ2v) is 3.13. The van der Waals surface area contributed by atoms with Gasteiger partial charge in [-0.2, -0.15) is 0 Å². The van der Waals surface area contributed by atoms with Crippen LogP contribution in [0.25, 0.3) is 6.08 Å². The van der Waals surface area contributed by atoms with Crippen LogP contribution in [0.3, 0.4) is 0 Å². The van der Waals surface area contributed by atoms with Gasteiger partial charge in [-0.3, -0.25) is 14.9 Å². The van der Waals surface area contributed by atoms with Crippen LogP contribution in [-0.2, 0) is 4.79 Å². The quantitative estimate of drug-likeness (QED) is 0.331. The van der Waals surface area contributed by atoms with E-state index in [-0.39, 0.29) is 16.8 Å². The number of halogens is 1. The molecule has 16 heavy (non-hydrogen) atoms. The molecule has 0 bridgehead atoms. The van der Waals surface area contributed by atoms with Gasteiger partial charge in [0.2, 0.25) is 0 Å². The summed E-state index contributed by atoms with van der Waals surface area (Å²) in [4.78, 5) is 20.6. The maximum Gasteiger partial charge on any atom is 0.279 e. The van der Waals surface area contributed by atoms with E-state index < -0.39 is 16.4 Å². The van der Waals surface area contributed by atoms with Gasteiger partial charge in [-0.25, -0.2) is 4.39 Å². The molecule has 1 aromatic rings. The molecule has 0 heterocycles. The van der Waals surface area contributed by atoms with E-state index in [0.717, 1.165) is 18.2 Å². The lowest BCUT2D eigenvalue weighted by atomic mass is 9.92. The molecule has 80 valence electrons. The van der Waals surface area contributed by atoms with Crippen molar-refractivity contribution in [1.82, 2.24) is 0 Å². The second kappa shape index (κ2) is 4.70. The lowest BCUT2D eigenvalue weighted by molar-refractivity contribution is -0.385. The van der Waals surface area contributed by atoms with Crippen LogP contribution in [0.2, 0.25) is 0 Å². The lowest BCUT2D eigenvalue weighted by Gasteiger charge is -2.01. The first-order valence-corrected chi connectivity index (χ1v) is 4.34. The highest BCUT2D eigenvalue weighted by molar-refractivity contribution is 6.32. The fourth-order valence-electron chi connectivity index (χ4n) is 1.10. The Morgan fingerprint density at radius 2 is 2.19 bits per heavy atom. The normalized spacial score (nSPS) is 10.6. The van der Waals surface area contributed by atoms with Crippen molar-refractivity contribution < 1.29 is 14.1 Å². The van der Waals surface area contributed by atoms with E-state index in [9.17, 15) is 19.3 Å². The van der Waals surface area contributed by atoms with Gasteiger partial charge in [0, 0.05) is 0 Å². The Morgan fingerprint density at radius 1 is 1.56 bits per heavy atom. The summed E-state index contributed by atoms with van der Waals surface area (Å²) in [7, 11) is 5.28. The molecular formula is C10H7BFNO3. The lowest BCUT2D eigenvalue weighted by Crippen LogP contribution is -2.10. The van der Waals surface area contributed by atoms with Crippen LogP contribution < -0.4 is 5.46 Å². The summed E-state index contributed by atoms with van der Waals surface area (Å²) < 4.78 is 13.0. The molecule has 0 aromatic heterocycles. The van der Waals surface area contributed by atoms with E-state index in [1.54, 1.807) is 0 Å². The first-order valence-electron chi connectivity index (χ1n) is 4.34. The highest BCUT2D eigenvalue weighted by Crippen LogP contribution is 2.19. The molecule has 2 radical (unpaired) electrons. The summed E-state index contributed by atoms with van der Waals surface area (Å²) in [6.45, 7) is 1.30. The van der Waals surface area contributed by atoms with Crippen LogP contribution in [0.15, 0.2) is 18.2 Å². The number of carbonyl (C=O) groups is 1. The molecule has 0 fully saturated rings. The van der Waals surface area contributed by atoms with Crippen LogP contribution in [0, 0.1) is 15.9 Å². The van der Waals surface area contributed by atoms with E-state index in [0.29, 0.717) is 0 Å². The minimum absolute atomic E-state index is 0.0964. The molecule has 0 N–H and O–H groups in total. The van der Waals surface area contributed by atoms with Gasteiger partial charge in [0.1, 0.15) is 13.7 Å². The Morgan fingerprint density at radius 3 is 2.69 bits per heavy atom. The minimum atomic E-state index is -0.855. The minimum Gasteiger partial charge on any atom is -0.295 e. The largest absolute Gasteiger partial charge is 0.295 e. The standard InChI is InChI=1S/C10H7BFNO3/c1-6(14)2-3-7-4-8(11)9(12)5-10(7)13(15)16/h2-5H,1H3/b3-2+. The highest BCUT2D eigenvalue weighted by Gasteiger charge is 2.14. The zero-order valence-electron chi connectivity index (χ0n) is 8.44. The number of allylic oxidation sites excluding steroid dienone is 1. The Kier molecular flexibility index (Phi) is 3.55. The van der Waals surface area contributed by atoms with Crippen LogP contribution >= 0.6 is 0 Å². The second-order valence-electron chi connectivity index (χ2n) is 3.13. The van der Waals surface area contributed by atoms with Crippen molar-refractivity contribution in [3.05, 3.63) is 39.7 Å². The van der Waals surface area contributed by atoms with Crippen LogP contribution in [0.4, 0.5) is 10.1 Å². The average molecular weight is 219 g/mol. The van der Waals surface area contributed by atoms with Gasteiger partial charge >= 0.3 is 0 Å². The van der Waals surface area contributed by atoms with Crippen molar-refractivity contribution >= 4 is 30.9 Å². The number of carbonyl (C=O) groups excluding carboxylic acids is 1. The number of nitro groups is 1. The van der Waals surface area contributed by atoms with E-state index in [1.165, 1.54) is 13.0 Å². The maximum absolute atomic E-state index is 13.0. The first kappa shape index (κ1) is 12.1. The van der Waals surface area contributed by atoms with Crippen molar-refractivity contribution in [2.45, 2.75) is 6.92 Å². The van der Waals surface area contributed by atoms with Crippen molar-refractivity contribution in [2.24, 2.45) is 0 Å². The molecule has 0 spiro atoms. The number of nitrogens with zero attached hydrogens (tertiary/aromatic N) is 1. The summed E-state index contributed by atoms with van der Waals surface area (Å²) in [5, 5.41) is 10.6. The number of rotatable bonds is 3. The number of hydrogen-bond donors (Lipinski definition) is 0. The van der Waals surface area contributed by atoms with E-state index in [4.69, 9.17) is 7.85 Å². The van der Waals surface area contributed by atoms with E-state index in [2.05, 4.69) is 0 Å². The third-order valence-electron chi connectivity index (χ3n) is 1.84. The SMILES string of the molecule is [B]c1cc(/C=C/C(C)=O)c([N+](=O)[O-])cc1F. The summed E-state index contributed by atoms with van der Waals surface area (Å²) in [5.41, 5.74) is -0.530. The summed E-state index contributed by atoms with van der Waals surface area (Å²) >= 11 is 0. The Bertz CT molecular complexity index is 485. The zero-order chi connectivity index (χ0) is 12.3. The predicted octanol–water partition coefficient (Wildman–Crippen LogP) is 1.13. The van der Waals surface area contributed by atoms with Crippen LogP contribution in [0.1, 0.15) is 12.5 Å². The van der Waals surface area contributed by atoms with Gasteiger partial charge in [-0.05, 0) is 19.1 Å². The summed E-state index contributed by atoms with van der Waals surface area (Å²) in [6.07, 6.45) is 2.38.